The van der Waals surface area contributed by atoms with E-state index < -0.39 is 0 Å². The van der Waals surface area contributed by atoms with Crippen LogP contribution in [0.25, 0.3) is 0 Å². The minimum atomic E-state index is -0.365. The normalized spacial score (nSPS) is 11.6. The van der Waals surface area contributed by atoms with E-state index in [1.807, 2.05) is 18.2 Å². The van der Waals surface area contributed by atoms with Gasteiger partial charge in [-0.15, -0.1) is 25.3 Å². The van der Waals surface area contributed by atoms with Crippen molar-refractivity contribution in [1.82, 2.24) is 5.32 Å². The van der Waals surface area contributed by atoms with Gasteiger partial charge in [-0.2, -0.15) is 0 Å². The lowest BCUT2D eigenvalue weighted by atomic mass is 10.2. The SMILES string of the molecule is CCC(S)(S)NCc1ccccc1. The highest BCUT2D eigenvalue weighted by Crippen LogP contribution is 2.20. The zero-order valence-corrected chi connectivity index (χ0v) is 9.48. The van der Waals surface area contributed by atoms with Gasteiger partial charge in [-0.1, -0.05) is 37.3 Å². The maximum Gasteiger partial charge on any atom is 0.106 e. The van der Waals surface area contributed by atoms with Gasteiger partial charge in [0.15, 0.2) is 0 Å². The minimum Gasteiger partial charge on any atom is -0.291 e. The topological polar surface area (TPSA) is 12.0 Å². The van der Waals surface area contributed by atoms with Crippen molar-refractivity contribution in [2.24, 2.45) is 0 Å². The summed E-state index contributed by atoms with van der Waals surface area (Å²) in [5, 5.41) is 3.25. The number of hydrogen-bond acceptors (Lipinski definition) is 3. The average Bonchev–Trinajstić information content (AvgIpc) is 2.17. The van der Waals surface area contributed by atoms with Crippen molar-refractivity contribution in [1.29, 1.82) is 0 Å². The molecule has 1 rings (SSSR count). The summed E-state index contributed by atoms with van der Waals surface area (Å²) in [5.74, 6) is 0. The molecule has 0 aliphatic rings. The number of nitrogens with one attached hydrogen (secondary N) is 1. The van der Waals surface area contributed by atoms with Crippen LogP contribution in [0.4, 0.5) is 0 Å². The second-order valence-corrected chi connectivity index (χ2v) is 4.89. The third kappa shape index (κ3) is 4.07. The highest BCUT2D eigenvalue weighted by molar-refractivity contribution is 8.00. The molecule has 1 aromatic carbocycles. The molecule has 0 aromatic heterocycles. The van der Waals surface area contributed by atoms with Crippen LogP contribution in [0.1, 0.15) is 18.9 Å². The molecule has 0 radical (unpaired) electrons. The zero-order valence-electron chi connectivity index (χ0n) is 7.70. The maximum absolute atomic E-state index is 4.37. The molecule has 0 unspecified atom stereocenters. The summed E-state index contributed by atoms with van der Waals surface area (Å²) in [7, 11) is 0. The Kier molecular flexibility index (Phi) is 4.16. The van der Waals surface area contributed by atoms with E-state index in [2.05, 4.69) is 49.6 Å². The third-order valence-corrected chi connectivity index (χ3v) is 2.86. The molecular weight excluding hydrogens is 198 g/mol. The molecule has 0 aliphatic heterocycles. The Morgan fingerprint density at radius 3 is 2.38 bits per heavy atom. The van der Waals surface area contributed by atoms with Crippen LogP contribution in [-0.2, 0) is 6.54 Å². The van der Waals surface area contributed by atoms with Crippen LogP contribution < -0.4 is 5.32 Å². The van der Waals surface area contributed by atoms with E-state index in [0.717, 1.165) is 13.0 Å². The van der Waals surface area contributed by atoms with Crippen molar-refractivity contribution in [3.8, 4) is 0 Å². The number of thiol groups is 2. The van der Waals surface area contributed by atoms with Gasteiger partial charge in [0.1, 0.15) is 4.20 Å². The molecule has 1 nitrogen and oxygen atoms in total. The molecule has 0 bridgehead atoms. The van der Waals surface area contributed by atoms with Gasteiger partial charge in [0, 0.05) is 6.54 Å². The van der Waals surface area contributed by atoms with Gasteiger partial charge in [-0.3, -0.25) is 5.32 Å². The summed E-state index contributed by atoms with van der Waals surface area (Å²) in [6.45, 7) is 2.86. The van der Waals surface area contributed by atoms with E-state index in [0.29, 0.717) is 0 Å². The van der Waals surface area contributed by atoms with Crippen LogP contribution in [0, 0.1) is 0 Å². The Bertz CT molecular complexity index is 246. The molecule has 0 saturated carbocycles. The molecule has 3 heteroatoms. The fourth-order valence-electron chi connectivity index (χ4n) is 0.964. The second kappa shape index (κ2) is 4.94. The van der Waals surface area contributed by atoms with Crippen molar-refractivity contribution >= 4 is 25.3 Å². The lowest BCUT2D eigenvalue weighted by molar-refractivity contribution is 0.600. The smallest absolute Gasteiger partial charge is 0.106 e. The van der Waals surface area contributed by atoms with Crippen LogP contribution in [0.5, 0.6) is 0 Å². The van der Waals surface area contributed by atoms with Crippen molar-refractivity contribution < 1.29 is 0 Å². The van der Waals surface area contributed by atoms with Crippen molar-refractivity contribution in [2.45, 2.75) is 24.1 Å². The second-order valence-electron chi connectivity index (χ2n) is 3.01. The Balaban J connectivity index is 2.44. The van der Waals surface area contributed by atoms with Crippen LogP contribution in [0.15, 0.2) is 30.3 Å². The lowest BCUT2D eigenvalue weighted by Gasteiger charge is -2.22. The van der Waals surface area contributed by atoms with Gasteiger partial charge in [0.2, 0.25) is 0 Å². The first-order valence-electron chi connectivity index (χ1n) is 4.38. The summed E-state index contributed by atoms with van der Waals surface area (Å²) in [5.41, 5.74) is 1.25. The van der Waals surface area contributed by atoms with Gasteiger partial charge in [-0.25, -0.2) is 0 Å². The van der Waals surface area contributed by atoms with Crippen LogP contribution in [0.2, 0.25) is 0 Å². The van der Waals surface area contributed by atoms with E-state index in [1.165, 1.54) is 5.56 Å². The standard InChI is InChI=1S/C10H15NS2/c1-2-10(12,13)11-8-9-6-4-3-5-7-9/h3-7,11-13H,2,8H2,1H3. The van der Waals surface area contributed by atoms with E-state index in [1.54, 1.807) is 0 Å². The van der Waals surface area contributed by atoms with Gasteiger partial charge in [0.05, 0.1) is 0 Å². The predicted molar refractivity (Wildman–Crippen MR) is 64.3 cm³/mol. The highest BCUT2D eigenvalue weighted by atomic mass is 32.2. The van der Waals surface area contributed by atoms with E-state index in [-0.39, 0.29) is 4.20 Å². The van der Waals surface area contributed by atoms with Crippen LogP contribution in [0.3, 0.4) is 0 Å². The summed E-state index contributed by atoms with van der Waals surface area (Å²) in [4.78, 5) is 0. The first-order valence-corrected chi connectivity index (χ1v) is 5.27. The van der Waals surface area contributed by atoms with Crippen LogP contribution >= 0.6 is 25.3 Å². The molecule has 72 valence electrons. The van der Waals surface area contributed by atoms with Crippen molar-refractivity contribution in [2.75, 3.05) is 0 Å². The molecule has 13 heavy (non-hydrogen) atoms. The molecule has 1 N–H and O–H groups in total. The van der Waals surface area contributed by atoms with E-state index >= 15 is 0 Å². The Labute approximate surface area is 90.8 Å². The summed E-state index contributed by atoms with van der Waals surface area (Å²) in [6.07, 6.45) is 0.881. The number of hydrogen-bond donors (Lipinski definition) is 3. The molecular formula is C10H15NS2. The van der Waals surface area contributed by atoms with Gasteiger partial charge < -0.3 is 0 Å². The lowest BCUT2D eigenvalue weighted by Crippen LogP contribution is -2.32. The van der Waals surface area contributed by atoms with Crippen LogP contribution in [-0.4, -0.2) is 4.20 Å². The molecule has 0 spiro atoms. The fourth-order valence-corrected chi connectivity index (χ4v) is 1.12. The van der Waals surface area contributed by atoms with Gasteiger partial charge in [-0.05, 0) is 12.0 Å². The average molecular weight is 213 g/mol. The fraction of sp³-hybridized carbons (Fsp3) is 0.400. The van der Waals surface area contributed by atoms with E-state index in [4.69, 9.17) is 0 Å². The molecule has 0 atom stereocenters. The minimum absolute atomic E-state index is 0.365. The number of benzene rings is 1. The molecule has 0 heterocycles. The van der Waals surface area contributed by atoms with Gasteiger partial charge in [0.25, 0.3) is 0 Å². The summed E-state index contributed by atoms with van der Waals surface area (Å²) in [6, 6.07) is 10.2. The predicted octanol–water partition coefficient (Wildman–Crippen LogP) is 2.70. The third-order valence-electron chi connectivity index (χ3n) is 1.91. The van der Waals surface area contributed by atoms with Crippen molar-refractivity contribution in [3.63, 3.8) is 0 Å². The van der Waals surface area contributed by atoms with Gasteiger partial charge >= 0.3 is 0 Å². The first kappa shape index (κ1) is 11.0. The molecule has 0 aliphatic carbocycles. The highest BCUT2D eigenvalue weighted by Gasteiger charge is 2.15. The molecule has 0 saturated heterocycles. The summed E-state index contributed by atoms with van der Waals surface area (Å²) >= 11 is 8.74. The van der Waals surface area contributed by atoms with Crippen molar-refractivity contribution in [3.05, 3.63) is 35.9 Å². The maximum atomic E-state index is 4.37. The Morgan fingerprint density at radius 2 is 1.85 bits per heavy atom. The monoisotopic (exact) mass is 213 g/mol. The number of rotatable bonds is 4. The summed E-state index contributed by atoms with van der Waals surface area (Å²) < 4.78 is -0.365. The van der Waals surface area contributed by atoms with E-state index in [9.17, 15) is 0 Å². The quantitative estimate of drug-likeness (QED) is 0.516. The molecule has 0 amide bonds. The first-order chi connectivity index (χ1) is 6.14. The zero-order chi connectivity index (χ0) is 9.73. The molecule has 0 fully saturated rings. The Hall–Kier alpha value is -0.120. The largest absolute Gasteiger partial charge is 0.291 e. The Morgan fingerprint density at radius 1 is 1.23 bits per heavy atom. The molecule has 1 aromatic rings.